The van der Waals surface area contributed by atoms with Crippen LogP contribution in [0.3, 0.4) is 0 Å². The molecule has 3 heterocycles. The summed E-state index contributed by atoms with van der Waals surface area (Å²) in [5.74, 6) is 0. The van der Waals surface area contributed by atoms with Crippen LogP contribution >= 0.6 is 0 Å². The molecule has 0 N–H and O–H groups in total. The summed E-state index contributed by atoms with van der Waals surface area (Å²) in [6, 6.07) is 0.228. The first kappa shape index (κ1) is 8.16. The van der Waals surface area contributed by atoms with Crippen LogP contribution in [0.4, 0.5) is 4.79 Å². The van der Waals surface area contributed by atoms with E-state index in [1.54, 1.807) is 0 Å². The molecule has 4 heteroatoms. The first-order valence-electron chi connectivity index (χ1n) is 5.65. The molecule has 1 unspecified atom stereocenters. The van der Waals surface area contributed by atoms with Crippen LogP contribution in [0.25, 0.3) is 0 Å². The number of rotatable bonds is 0. The zero-order valence-electron chi connectivity index (χ0n) is 8.44. The maximum atomic E-state index is 11.4. The van der Waals surface area contributed by atoms with Crippen molar-refractivity contribution in [1.82, 2.24) is 4.90 Å². The molecule has 0 aromatic rings. The second-order valence-electron chi connectivity index (χ2n) is 4.72. The minimum absolute atomic E-state index is 0.134. The second-order valence-corrected chi connectivity index (χ2v) is 4.72. The Kier molecular flexibility index (Phi) is 1.39. The number of cyclic esters (lactones) is 1. The van der Waals surface area contributed by atoms with E-state index in [1.165, 1.54) is 11.1 Å². The van der Waals surface area contributed by atoms with E-state index in [1.807, 2.05) is 4.90 Å². The molecular formula is C11H13NO3. The van der Waals surface area contributed by atoms with Gasteiger partial charge in [-0.3, -0.25) is 4.90 Å². The largest absolute Gasteiger partial charge is 0.447 e. The molecule has 80 valence electrons. The van der Waals surface area contributed by atoms with E-state index in [4.69, 9.17) is 9.47 Å². The van der Waals surface area contributed by atoms with Crippen molar-refractivity contribution in [3.05, 3.63) is 11.1 Å². The standard InChI is InChI=1S/C11H13NO3/c13-11-12-4-3-7-6(8(12)5-14-11)1-2-9-10(7)15-9/h8-10H,1-5H2/t8?,9-,10+/m1/s1. The SMILES string of the molecule is O=C1OCC2C3=C(CCN12)[C@@H]1O[C@@H]1CC3. The van der Waals surface area contributed by atoms with Crippen molar-refractivity contribution < 1.29 is 14.3 Å². The van der Waals surface area contributed by atoms with E-state index in [9.17, 15) is 4.79 Å². The van der Waals surface area contributed by atoms with Gasteiger partial charge >= 0.3 is 6.09 Å². The van der Waals surface area contributed by atoms with Gasteiger partial charge in [-0.2, -0.15) is 0 Å². The Labute approximate surface area is 87.8 Å². The number of carbonyl (C=O) groups excluding carboxylic acids is 1. The lowest BCUT2D eigenvalue weighted by molar-refractivity contribution is 0.157. The molecule has 15 heavy (non-hydrogen) atoms. The third-order valence-corrected chi connectivity index (χ3v) is 4.04. The van der Waals surface area contributed by atoms with Crippen LogP contribution in [-0.2, 0) is 9.47 Å². The Hall–Kier alpha value is -1.03. The molecule has 4 aliphatic rings. The van der Waals surface area contributed by atoms with E-state index in [0.29, 0.717) is 18.8 Å². The van der Waals surface area contributed by atoms with Crippen LogP contribution in [0.2, 0.25) is 0 Å². The van der Waals surface area contributed by atoms with Gasteiger partial charge in [0.05, 0.1) is 12.1 Å². The second kappa shape index (κ2) is 2.55. The van der Waals surface area contributed by atoms with Gasteiger partial charge < -0.3 is 9.47 Å². The molecule has 4 nitrogen and oxygen atoms in total. The van der Waals surface area contributed by atoms with Gasteiger partial charge in [-0.25, -0.2) is 4.79 Å². The highest BCUT2D eigenvalue weighted by Crippen LogP contribution is 2.46. The zero-order chi connectivity index (χ0) is 9.99. The molecule has 2 saturated heterocycles. The van der Waals surface area contributed by atoms with Crippen LogP contribution in [0.15, 0.2) is 11.1 Å². The molecule has 0 saturated carbocycles. The van der Waals surface area contributed by atoms with Crippen LogP contribution in [-0.4, -0.2) is 42.4 Å². The molecule has 1 amide bonds. The smallest absolute Gasteiger partial charge is 0.410 e. The van der Waals surface area contributed by atoms with E-state index in [0.717, 1.165) is 25.8 Å². The van der Waals surface area contributed by atoms with Gasteiger partial charge in [0.25, 0.3) is 0 Å². The van der Waals surface area contributed by atoms with E-state index in [-0.39, 0.29) is 12.1 Å². The third-order valence-electron chi connectivity index (χ3n) is 4.04. The number of carbonyl (C=O) groups is 1. The maximum absolute atomic E-state index is 11.4. The Morgan fingerprint density at radius 2 is 2.20 bits per heavy atom. The molecule has 0 aromatic carbocycles. The minimum atomic E-state index is -0.134. The average Bonchev–Trinajstić information content (AvgIpc) is 2.96. The lowest BCUT2D eigenvalue weighted by Crippen LogP contribution is -2.41. The monoisotopic (exact) mass is 207 g/mol. The molecule has 3 atom stereocenters. The van der Waals surface area contributed by atoms with Crippen molar-refractivity contribution in [2.75, 3.05) is 13.2 Å². The number of hydrogen-bond donors (Lipinski definition) is 0. The minimum Gasteiger partial charge on any atom is -0.447 e. The summed E-state index contributed by atoms with van der Waals surface area (Å²) < 4.78 is 10.7. The molecule has 3 aliphatic heterocycles. The Bertz CT molecular complexity index is 376. The fraction of sp³-hybridized carbons (Fsp3) is 0.727. The van der Waals surface area contributed by atoms with Gasteiger partial charge in [0.2, 0.25) is 0 Å². The summed E-state index contributed by atoms with van der Waals surface area (Å²) in [5.41, 5.74) is 2.91. The first-order valence-corrected chi connectivity index (χ1v) is 5.65. The van der Waals surface area contributed by atoms with Crippen LogP contribution in [0.5, 0.6) is 0 Å². The molecule has 0 spiro atoms. The first-order chi connectivity index (χ1) is 7.34. The van der Waals surface area contributed by atoms with E-state index in [2.05, 4.69) is 0 Å². The molecule has 0 bridgehead atoms. The summed E-state index contributed by atoms with van der Waals surface area (Å²) in [5, 5.41) is 0. The summed E-state index contributed by atoms with van der Waals surface area (Å²) in [6.45, 7) is 1.37. The van der Waals surface area contributed by atoms with Crippen molar-refractivity contribution in [1.29, 1.82) is 0 Å². The topological polar surface area (TPSA) is 42.1 Å². The van der Waals surface area contributed by atoms with Crippen molar-refractivity contribution in [2.45, 2.75) is 37.5 Å². The number of amides is 1. The number of nitrogens with zero attached hydrogens (tertiary/aromatic N) is 1. The Morgan fingerprint density at radius 1 is 1.27 bits per heavy atom. The maximum Gasteiger partial charge on any atom is 0.410 e. The van der Waals surface area contributed by atoms with Crippen molar-refractivity contribution in [2.24, 2.45) is 0 Å². The van der Waals surface area contributed by atoms with Gasteiger partial charge in [-0.05, 0) is 30.4 Å². The summed E-state index contributed by atoms with van der Waals surface area (Å²) in [6.07, 6.45) is 3.96. The molecule has 2 fully saturated rings. The van der Waals surface area contributed by atoms with Crippen LogP contribution < -0.4 is 0 Å². The molecule has 0 aromatic heterocycles. The predicted octanol–water partition coefficient (Wildman–Crippen LogP) is 1.07. The molecule has 4 rings (SSSR count). The molecule has 1 aliphatic carbocycles. The number of epoxide rings is 1. The Balaban J connectivity index is 1.74. The number of fused-ring (bicyclic) bond motifs is 4. The van der Waals surface area contributed by atoms with Gasteiger partial charge in [0.15, 0.2) is 0 Å². The highest BCUT2D eigenvalue weighted by molar-refractivity contribution is 5.71. The molecule has 0 radical (unpaired) electrons. The highest BCUT2D eigenvalue weighted by atomic mass is 16.6. The average molecular weight is 207 g/mol. The normalized spacial score (nSPS) is 42.0. The summed E-state index contributed by atoms with van der Waals surface area (Å²) >= 11 is 0. The molecular weight excluding hydrogens is 194 g/mol. The van der Waals surface area contributed by atoms with Crippen molar-refractivity contribution >= 4 is 6.09 Å². The fourth-order valence-electron chi connectivity index (χ4n) is 3.22. The fourth-order valence-corrected chi connectivity index (χ4v) is 3.22. The zero-order valence-corrected chi connectivity index (χ0v) is 8.44. The number of ether oxygens (including phenoxy) is 2. The Morgan fingerprint density at radius 3 is 3.13 bits per heavy atom. The quantitative estimate of drug-likeness (QED) is 0.440. The van der Waals surface area contributed by atoms with Crippen LogP contribution in [0.1, 0.15) is 19.3 Å². The van der Waals surface area contributed by atoms with Crippen molar-refractivity contribution in [3.63, 3.8) is 0 Å². The highest BCUT2D eigenvalue weighted by Gasteiger charge is 2.50. The summed E-state index contributed by atoms with van der Waals surface area (Å²) in [4.78, 5) is 13.3. The van der Waals surface area contributed by atoms with Crippen molar-refractivity contribution in [3.8, 4) is 0 Å². The van der Waals surface area contributed by atoms with E-state index < -0.39 is 0 Å². The lowest BCUT2D eigenvalue weighted by Gasteiger charge is -2.32. The third kappa shape index (κ3) is 0.977. The van der Waals surface area contributed by atoms with Gasteiger partial charge in [0.1, 0.15) is 12.7 Å². The number of hydrogen-bond acceptors (Lipinski definition) is 3. The van der Waals surface area contributed by atoms with Gasteiger partial charge in [-0.15, -0.1) is 0 Å². The van der Waals surface area contributed by atoms with Gasteiger partial charge in [0, 0.05) is 6.54 Å². The lowest BCUT2D eigenvalue weighted by atomic mass is 9.83. The summed E-state index contributed by atoms with van der Waals surface area (Å²) in [7, 11) is 0. The van der Waals surface area contributed by atoms with E-state index >= 15 is 0 Å². The van der Waals surface area contributed by atoms with Gasteiger partial charge in [-0.1, -0.05) is 0 Å². The van der Waals surface area contributed by atoms with Crippen LogP contribution in [0, 0.1) is 0 Å². The predicted molar refractivity (Wildman–Crippen MR) is 51.4 cm³/mol.